The van der Waals surface area contributed by atoms with Crippen molar-refractivity contribution in [2.75, 3.05) is 10.6 Å². The molecule has 1 heterocycles. The van der Waals surface area contributed by atoms with E-state index in [-0.39, 0.29) is 5.69 Å². The highest BCUT2D eigenvalue weighted by Gasteiger charge is 2.30. The van der Waals surface area contributed by atoms with Crippen molar-refractivity contribution >= 4 is 33.8 Å². The number of benzene rings is 2. The summed E-state index contributed by atoms with van der Waals surface area (Å²) in [6.45, 7) is 3.64. The lowest BCUT2D eigenvalue weighted by atomic mass is 10.2. The van der Waals surface area contributed by atoms with Gasteiger partial charge < -0.3 is 10.6 Å². The van der Waals surface area contributed by atoms with Crippen LogP contribution < -0.4 is 10.6 Å². The lowest BCUT2D eigenvalue weighted by Crippen LogP contribution is -2.13. The van der Waals surface area contributed by atoms with Crippen LogP contribution in [0.1, 0.15) is 26.5 Å². The van der Waals surface area contributed by atoms with E-state index in [0.717, 1.165) is 34.7 Å². The van der Waals surface area contributed by atoms with Gasteiger partial charge in [-0.15, -0.1) is 0 Å². The van der Waals surface area contributed by atoms with E-state index in [1.54, 1.807) is 6.92 Å². The first kappa shape index (κ1) is 18.9. The van der Waals surface area contributed by atoms with E-state index in [9.17, 15) is 18.0 Å². The molecule has 2 aromatic carbocycles. The predicted octanol–water partition coefficient (Wildman–Crippen LogP) is 5.77. The Morgan fingerprint density at radius 3 is 2.44 bits per heavy atom. The predicted molar refractivity (Wildman–Crippen MR) is 101 cm³/mol. The van der Waals surface area contributed by atoms with Crippen LogP contribution in [0, 0.1) is 13.8 Å². The monoisotopic (exact) mass is 391 g/mol. The first-order chi connectivity index (χ1) is 12.7. The zero-order valence-electron chi connectivity index (χ0n) is 14.5. The molecule has 140 valence electrons. The topological polar surface area (TPSA) is 54.0 Å². The van der Waals surface area contributed by atoms with Crippen molar-refractivity contribution in [2.24, 2.45) is 0 Å². The van der Waals surface area contributed by atoms with E-state index < -0.39 is 17.6 Å². The smallest absolute Gasteiger partial charge is 0.332 e. The lowest BCUT2D eigenvalue weighted by Gasteiger charge is -2.09. The first-order valence-corrected chi connectivity index (χ1v) is 8.84. The molecule has 0 radical (unpaired) electrons. The van der Waals surface area contributed by atoms with E-state index >= 15 is 0 Å². The Morgan fingerprint density at radius 1 is 1.04 bits per heavy atom. The normalized spacial score (nSPS) is 11.3. The van der Waals surface area contributed by atoms with Gasteiger partial charge in [-0.25, -0.2) is 4.98 Å². The third-order valence-corrected chi connectivity index (χ3v) is 4.79. The Bertz CT molecular complexity index is 982. The van der Waals surface area contributed by atoms with Gasteiger partial charge in [0, 0.05) is 11.4 Å². The SMILES string of the molecule is Cc1cccc(Nc2nc(C)c(C(=O)Nc3cccc(C(F)(F)F)c3)s2)c1. The molecule has 0 aliphatic rings. The number of carbonyl (C=O) groups excluding carboxylic acids is 1. The van der Waals surface area contributed by atoms with Crippen LogP contribution in [0.4, 0.5) is 29.7 Å². The zero-order valence-corrected chi connectivity index (χ0v) is 15.3. The van der Waals surface area contributed by atoms with Crippen molar-refractivity contribution in [1.29, 1.82) is 0 Å². The minimum Gasteiger partial charge on any atom is -0.332 e. The van der Waals surface area contributed by atoms with Crippen LogP contribution in [0.3, 0.4) is 0 Å². The standard InChI is InChI=1S/C19H16F3N3OS/c1-11-5-3-7-14(9-11)25-18-23-12(2)16(27-18)17(26)24-15-8-4-6-13(10-15)19(20,21)22/h3-10H,1-2H3,(H,23,25)(H,24,26). The molecule has 0 unspecified atom stereocenters. The maximum Gasteiger partial charge on any atom is 0.416 e. The van der Waals surface area contributed by atoms with Crippen molar-refractivity contribution in [3.05, 3.63) is 70.2 Å². The molecule has 0 bridgehead atoms. The fourth-order valence-electron chi connectivity index (χ4n) is 2.47. The second-order valence-electron chi connectivity index (χ2n) is 5.96. The van der Waals surface area contributed by atoms with Gasteiger partial charge in [0.05, 0.1) is 11.3 Å². The van der Waals surface area contributed by atoms with Crippen LogP contribution in [0.2, 0.25) is 0 Å². The van der Waals surface area contributed by atoms with E-state index in [0.29, 0.717) is 15.7 Å². The maximum absolute atomic E-state index is 12.8. The Labute approximate surface area is 158 Å². The number of amides is 1. The van der Waals surface area contributed by atoms with Gasteiger partial charge in [0.1, 0.15) is 4.88 Å². The van der Waals surface area contributed by atoms with Crippen LogP contribution >= 0.6 is 11.3 Å². The number of hydrogen-bond donors (Lipinski definition) is 2. The number of rotatable bonds is 4. The number of carbonyl (C=O) groups is 1. The molecule has 1 aromatic heterocycles. The third kappa shape index (κ3) is 4.65. The largest absolute Gasteiger partial charge is 0.416 e. The minimum absolute atomic E-state index is 0.0795. The molecule has 4 nitrogen and oxygen atoms in total. The van der Waals surface area contributed by atoms with Gasteiger partial charge in [-0.2, -0.15) is 13.2 Å². The number of hydrogen-bond acceptors (Lipinski definition) is 4. The Kier molecular flexibility index (Phi) is 5.18. The Hall–Kier alpha value is -2.87. The van der Waals surface area contributed by atoms with Gasteiger partial charge in [-0.05, 0) is 49.7 Å². The number of anilines is 3. The number of halogens is 3. The van der Waals surface area contributed by atoms with E-state index in [1.165, 1.54) is 12.1 Å². The molecule has 2 N–H and O–H groups in total. The molecule has 3 aromatic rings. The first-order valence-electron chi connectivity index (χ1n) is 8.02. The van der Waals surface area contributed by atoms with Crippen LogP contribution in [0.5, 0.6) is 0 Å². The minimum atomic E-state index is -4.47. The number of aromatic nitrogens is 1. The highest BCUT2D eigenvalue weighted by Crippen LogP contribution is 2.31. The maximum atomic E-state index is 12.8. The molecule has 0 saturated heterocycles. The summed E-state index contributed by atoms with van der Waals surface area (Å²) in [5.74, 6) is -0.499. The van der Waals surface area contributed by atoms with Crippen molar-refractivity contribution < 1.29 is 18.0 Å². The number of thiazole rings is 1. The fraction of sp³-hybridized carbons (Fsp3) is 0.158. The average Bonchev–Trinajstić information content (AvgIpc) is 2.95. The quantitative estimate of drug-likeness (QED) is 0.593. The Balaban J connectivity index is 1.77. The summed E-state index contributed by atoms with van der Waals surface area (Å²) in [6.07, 6.45) is -4.47. The summed E-state index contributed by atoms with van der Waals surface area (Å²) in [4.78, 5) is 17.1. The highest BCUT2D eigenvalue weighted by atomic mass is 32.1. The lowest BCUT2D eigenvalue weighted by molar-refractivity contribution is -0.137. The molecule has 0 saturated carbocycles. The highest BCUT2D eigenvalue weighted by molar-refractivity contribution is 7.17. The van der Waals surface area contributed by atoms with Gasteiger partial charge in [0.2, 0.25) is 0 Å². The van der Waals surface area contributed by atoms with Gasteiger partial charge in [0.25, 0.3) is 5.91 Å². The van der Waals surface area contributed by atoms with E-state index in [4.69, 9.17) is 0 Å². The second-order valence-corrected chi connectivity index (χ2v) is 6.96. The molecule has 0 aliphatic carbocycles. The van der Waals surface area contributed by atoms with Gasteiger partial charge in [0.15, 0.2) is 5.13 Å². The summed E-state index contributed by atoms with van der Waals surface area (Å²) in [6, 6.07) is 12.2. The van der Waals surface area contributed by atoms with E-state index in [1.807, 2.05) is 31.2 Å². The summed E-state index contributed by atoms with van der Waals surface area (Å²) in [5.41, 5.74) is 1.68. The van der Waals surface area contributed by atoms with Gasteiger partial charge in [-0.3, -0.25) is 4.79 Å². The van der Waals surface area contributed by atoms with Crippen LogP contribution in [-0.4, -0.2) is 10.9 Å². The summed E-state index contributed by atoms with van der Waals surface area (Å²) in [7, 11) is 0. The molecule has 27 heavy (non-hydrogen) atoms. The summed E-state index contributed by atoms with van der Waals surface area (Å²) >= 11 is 1.14. The molecule has 8 heteroatoms. The van der Waals surface area contributed by atoms with Crippen LogP contribution in [-0.2, 0) is 6.18 Å². The molecule has 0 aliphatic heterocycles. The van der Waals surface area contributed by atoms with Crippen molar-refractivity contribution in [3.8, 4) is 0 Å². The van der Waals surface area contributed by atoms with Gasteiger partial charge >= 0.3 is 6.18 Å². The molecule has 0 fully saturated rings. The average molecular weight is 391 g/mol. The molecule has 0 spiro atoms. The van der Waals surface area contributed by atoms with Gasteiger partial charge in [-0.1, -0.05) is 29.5 Å². The van der Waals surface area contributed by atoms with Crippen molar-refractivity contribution in [3.63, 3.8) is 0 Å². The second kappa shape index (κ2) is 7.40. The number of aryl methyl sites for hydroxylation is 2. The molecular weight excluding hydrogens is 375 g/mol. The molecule has 1 amide bonds. The number of alkyl halides is 3. The summed E-state index contributed by atoms with van der Waals surface area (Å²) < 4.78 is 38.4. The molecular formula is C19H16F3N3OS. The Morgan fingerprint density at radius 2 is 1.74 bits per heavy atom. The number of nitrogens with zero attached hydrogens (tertiary/aromatic N) is 1. The summed E-state index contributed by atoms with van der Waals surface area (Å²) in [5, 5.41) is 6.17. The zero-order chi connectivity index (χ0) is 19.6. The van der Waals surface area contributed by atoms with E-state index in [2.05, 4.69) is 15.6 Å². The number of nitrogens with one attached hydrogen (secondary N) is 2. The van der Waals surface area contributed by atoms with Crippen LogP contribution in [0.15, 0.2) is 48.5 Å². The third-order valence-electron chi connectivity index (χ3n) is 3.72. The molecule has 0 atom stereocenters. The molecule has 3 rings (SSSR count). The van der Waals surface area contributed by atoms with Crippen LogP contribution in [0.25, 0.3) is 0 Å². The van der Waals surface area contributed by atoms with Crippen molar-refractivity contribution in [1.82, 2.24) is 4.98 Å². The van der Waals surface area contributed by atoms with Crippen molar-refractivity contribution in [2.45, 2.75) is 20.0 Å². The fourth-order valence-corrected chi connectivity index (χ4v) is 3.35.